The van der Waals surface area contributed by atoms with Crippen molar-refractivity contribution in [3.8, 4) is 0 Å². The molecule has 22 heavy (non-hydrogen) atoms. The van der Waals surface area contributed by atoms with Crippen LogP contribution >= 0.6 is 0 Å². The molecule has 0 aliphatic carbocycles. The molecule has 1 aliphatic rings. The third-order valence-corrected chi connectivity index (χ3v) is 3.65. The van der Waals surface area contributed by atoms with Crippen LogP contribution in [-0.4, -0.2) is 50.7 Å². The average Bonchev–Trinajstić information content (AvgIpc) is 2.46. The van der Waals surface area contributed by atoms with E-state index in [9.17, 15) is 14.4 Å². The first kappa shape index (κ1) is 18.4. The highest BCUT2D eigenvalue weighted by molar-refractivity contribution is 5.94. The van der Waals surface area contributed by atoms with Crippen molar-refractivity contribution in [2.24, 2.45) is 11.8 Å². The number of quaternary nitrogens is 1. The number of ether oxygens (including phenoxy) is 1. The molecule has 7 heteroatoms. The molecule has 0 spiro atoms. The van der Waals surface area contributed by atoms with Gasteiger partial charge in [0.15, 0.2) is 6.54 Å². The lowest BCUT2D eigenvalue weighted by Gasteiger charge is -2.27. The number of nitrogens with one attached hydrogen (secondary N) is 3. The summed E-state index contributed by atoms with van der Waals surface area (Å²) in [6.45, 7) is 8.45. The van der Waals surface area contributed by atoms with Crippen LogP contribution in [0.2, 0.25) is 0 Å². The lowest BCUT2D eigenvalue weighted by Crippen LogP contribution is -3.14. The number of piperidine rings is 1. The van der Waals surface area contributed by atoms with E-state index in [0.717, 1.165) is 30.8 Å². The van der Waals surface area contributed by atoms with Crippen molar-refractivity contribution in [3.63, 3.8) is 0 Å². The van der Waals surface area contributed by atoms with Gasteiger partial charge in [-0.2, -0.15) is 0 Å². The standard InChI is InChI=1S/C15H27N3O4/c1-4-22-14(20)12-5-7-18(8-6-12)10-13(19)17-15(21)16-9-11(2)3/h11-12H,4-10H2,1-3H3,(H2,16,17,19,21)/p+1. The average molecular weight is 314 g/mol. The number of esters is 1. The van der Waals surface area contributed by atoms with Crippen LogP contribution < -0.4 is 15.5 Å². The quantitative estimate of drug-likeness (QED) is 0.567. The molecule has 7 nitrogen and oxygen atoms in total. The summed E-state index contributed by atoms with van der Waals surface area (Å²) < 4.78 is 5.02. The van der Waals surface area contributed by atoms with Gasteiger partial charge in [-0.05, 0) is 12.8 Å². The molecule has 0 unspecified atom stereocenters. The minimum atomic E-state index is -0.445. The fourth-order valence-electron chi connectivity index (χ4n) is 2.44. The maximum Gasteiger partial charge on any atom is 0.321 e. The second-order valence-electron chi connectivity index (χ2n) is 6.11. The number of amides is 3. The summed E-state index contributed by atoms with van der Waals surface area (Å²) in [7, 11) is 0. The third kappa shape index (κ3) is 6.89. The van der Waals surface area contributed by atoms with Gasteiger partial charge in [-0.25, -0.2) is 4.79 Å². The number of urea groups is 1. The second kappa shape index (κ2) is 9.40. The maximum absolute atomic E-state index is 11.8. The molecule has 0 radical (unpaired) electrons. The van der Waals surface area contributed by atoms with E-state index in [-0.39, 0.29) is 24.3 Å². The first-order valence-electron chi connectivity index (χ1n) is 8.00. The summed E-state index contributed by atoms with van der Waals surface area (Å²) in [5.74, 6) is -0.139. The van der Waals surface area contributed by atoms with Crippen LogP contribution in [0, 0.1) is 11.8 Å². The van der Waals surface area contributed by atoms with E-state index in [0.29, 0.717) is 19.1 Å². The lowest BCUT2D eigenvalue weighted by atomic mass is 9.97. The van der Waals surface area contributed by atoms with E-state index >= 15 is 0 Å². The van der Waals surface area contributed by atoms with E-state index in [4.69, 9.17) is 4.74 Å². The molecule has 3 N–H and O–H groups in total. The lowest BCUT2D eigenvalue weighted by molar-refractivity contribution is -0.897. The minimum absolute atomic E-state index is 0.0545. The van der Waals surface area contributed by atoms with Crippen LogP contribution in [0.1, 0.15) is 33.6 Å². The Bertz CT molecular complexity index is 390. The normalized spacial score (nSPS) is 21.3. The predicted octanol–water partition coefficient (Wildman–Crippen LogP) is -0.674. The number of likely N-dealkylation sites (tertiary alicyclic amines) is 1. The van der Waals surface area contributed by atoms with Gasteiger partial charge in [-0.15, -0.1) is 0 Å². The molecule has 1 saturated heterocycles. The number of hydrogen-bond donors (Lipinski definition) is 3. The van der Waals surface area contributed by atoms with Crippen LogP contribution in [0.4, 0.5) is 4.79 Å². The van der Waals surface area contributed by atoms with E-state index < -0.39 is 6.03 Å². The number of rotatable bonds is 6. The van der Waals surface area contributed by atoms with E-state index in [2.05, 4.69) is 10.6 Å². The highest BCUT2D eigenvalue weighted by Gasteiger charge is 2.29. The molecular formula is C15H28N3O4+. The van der Waals surface area contributed by atoms with Gasteiger partial charge < -0.3 is 15.0 Å². The van der Waals surface area contributed by atoms with E-state index in [1.54, 1.807) is 6.92 Å². The Hall–Kier alpha value is -1.63. The number of hydrogen-bond acceptors (Lipinski definition) is 4. The van der Waals surface area contributed by atoms with Gasteiger partial charge in [0.25, 0.3) is 5.91 Å². The van der Waals surface area contributed by atoms with Crippen LogP contribution in [0.5, 0.6) is 0 Å². The molecule has 126 valence electrons. The zero-order valence-electron chi connectivity index (χ0n) is 13.7. The summed E-state index contributed by atoms with van der Waals surface area (Å²) in [6, 6.07) is -0.445. The molecule has 1 heterocycles. The van der Waals surface area contributed by atoms with Crippen LogP contribution in [0.25, 0.3) is 0 Å². The van der Waals surface area contributed by atoms with Gasteiger partial charge >= 0.3 is 12.0 Å². The van der Waals surface area contributed by atoms with E-state index in [1.807, 2.05) is 13.8 Å². The topological polar surface area (TPSA) is 88.9 Å². The molecular weight excluding hydrogens is 286 g/mol. The molecule has 3 amide bonds. The number of imide groups is 1. The molecule has 0 aromatic rings. The van der Waals surface area contributed by atoms with Crippen molar-refractivity contribution in [1.82, 2.24) is 10.6 Å². The number of carbonyl (C=O) groups is 3. The monoisotopic (exact) mass is 314 g/mol. The smallest absolute Gasteiger partial charge is 0.321 e. The zero-order chi connectivity index (χ0) is 16.5. The summed E-state index contributed by atoms with van der Waals surface area (Å²) in [4.78, 5) is 36.0. The van der Waals surface area contributed by atoms with Crippen molar-refractivity contribution in [2.75, 3.05) is 32.8 Å². The summed E-state index contributed by atoms with van der Waals surface area (Å²) >= 11 is 0. The fraction of sp³-hybridized carbons (Fsp3) is 0.800. The molecule has 1 aliphatic heterocycles. The van der Waals surface area contributed by atoms with Crippen molar-refractivity contribution in [3.05, 3.63) is 0 Å². The Morgan fingerprint density at radius 3 is 2.41 bits per heavy atom. The predicted molar refractivity (Wildman–Crippen MR) is 81.3 cm³/mol. The Morgan fingerprint density at radius 1 is 1.23 bits per heavy atom. The Kier molecular flexibility index (Phi) is 7.87. The van der Waals surface area contributed by atoms with Crippen LogP contribution in [0.3, 0.4) is 0 Å². The van der Waals surface area contributed by atoms with Gasteiger partial charge in [0.2, 0.25) is 0 Å². The fourth-order valence-corrected chi connectivity index (χ4v) is 2.44. The van der Waals surface area contributed by atoms with Gasteiger partial charge in [0.1, 0.15) is 0 Å². The van der Waals surface area contributed by atoms with Crippen molar-refractivity contribution in [1.29, 1.82) is 0 Å². The maximum atomic E-state index is 11.8. The Labute approximate surface area is 131 Å². The molecule has 0 aromatic heterocycles. The zero-order valence-corrected chi connectivity index (χ0v) is 13.7. The first-order chi connectivity index (χ1) is 10.4. The first-order valence-corrected chi connectivity index (χ1v) is 8.00. The van der Waals surface area contributed by atoms with Gasteiger partial charge in [-0.1, -0.05) is 13.8 Å². The molecule has 0 aromatic carbocycles. The largest absolute Gasteiger partial charge is 0.466 e. The second-order valence-corrected chi connectivity index (χ2v) is 6.11. The molecule has 0 saturated carbocycles. The van der Waals surface area contributed by atoms with Gasteiger partial charge in [0, 0.05) is 19.4 Å². The molecule has 0 atom stereocenters. The molecule has 1 rings (SSSR count). The van der Waals surface area contributed by atoms with E-state index in [1.165, 1.54) is 0 Å². The summed E-state index contributed by atoms with van der Waals surface area (Å²) in [6.07, 6.45) is 1.45. The van der Waals surface area contributed by atoms with Crippen molar-refractivity contribution in [2.45, 2.75) is 33.6 Å². The summed E-state index contributed by atoms with van der Waals surface area (Å²) in [5.41, 5.74) is 0. The van der Waals surface area contributed by atoms with Gasteiger partial charge in [-0.3, -0.25) is 14.9 Å². The molecule has 0 bridgehead atoms. The van der Waals surface area contributed by atoms with Crippen molar-refractivity contribution >= 4 is 17.9 Å². The highest BCUT2D eigenvalue weighted by atomic mass is 16.5. The highest BCUT2D eigenvalue weighted by Crippen LogP contribution is 2.11. The van der Waals surface area contributed by atoms with Crippen LogP contribution in [0.15, 0.2) is 0 Å². The minimum Gasteiger partial charge on any atom is -0.466 e. The van der Waals surface area contributed by atoms with Crippen molar-refractivity contribution < 1.29 is 24.0 Å². The SMILES string of the molecule is CCOC(=O)C1CC[NH+](CC(=O)NC(=O)NCC(C)C)CC1. The Morgan fingerprint density at radius 2 is 1.86 bits per heavy atom. The van der Waals surface area contributed by atoms with Crippen LogP contribution in [-0.2, 0) is 14.3 Å². The third-order valence-electron chi connectivity index (χ3n) is 3.65. The summed E-state index contributed by atoms with van der Waals surface area (Å²) in [5, 5.41) is 4.98. The van der Waals surface area contributed by atoms with Gasteiger partial charge in [0.05, 0.1) is 25.6 Å². The molecule has 1 fully saturated rings. The Balaban J connectivity index is 2.24. The number of carbonyl (C=O) groups excluding carboxylic acids is 3.